The third kappa shape index (κ3) is 2.89. The van der Waals surface area contributed by atoms with Crippen LogP contribution in [0.4, 0.5) is 11.6 Å². The normalized spacial score (nSPS) is 15.9. The summed E-state index contributed by atoms with van der Waals surface area (Å²) in [4.78, 5) is 10.7. The first-order valence-electron chi connectivity index (χ1n) is 7.39. The van der Waals surface area contributed by atoms with Crippen molar-refractivity contribution in [2.24, 2.45) is 0 Å². The van der Waals surface area contributed by atoms with Crippen LogP contribution in [0.2, 0.25) is 0 Å². The van der Waals surface area contributed by atoms with Crippen molar-refractivity contribution in [1.82, 2.24) is 20.2 Å². The Morgan fingerprint density at radius 2 is 2.00 bits per heavy atom. The predicted molar refractivity (Wildman–Crippen MR) is 94.8 cm³/mol. The number of non-ortho nitro benzene ring substituents is 1. The summed E-state index contributed by atoms with van der Waals surface area (Å²) < 4.78 is 2.58. The van der Waals surface area contributed by atoms with E-state index in [0.29, 0.717) is 5.95 Å². The van der Waals surface area contributed by atoms with Crippen LogP contribution in [0.5, 0.6) is 0 Å². The van der Waals surface area contributed by atoms with Gasteiger partial charge < -0.3 is 5.32 Å². The van der Waals surface area contributed by atoms with Gasteiger partial charge >= 0.3 is 0 Å². The topological polar surface area (TPSA) is 98.8 Å². The van der Waals surface area contributed by atoms with Gasteiger partial charge in [-0.15, -0.1) is 0 Å². The number of allylic oxidation sites excluding steroid dienone is 1. The van der Waals surface area contributed by atoms with Crippen LogP contribution < -0.4 is 5.32 Å². The molecule has 124 valence electrons. The molecule has 1 aromatic heterocycles. The minimum atomic E-state index is -0.412. The van der Waals surface area contributed by atoms with Gasteiger partial charge in [0.2, 0.25) is 5.95 Å². The molecule has 1 aliphatic rings. The fourth-order valence-corrected chi connectivity index (χ4v) is 2.98. The highest BCUT2D eigenvalue weighted by atomic mass is 79.9. The van der Waals surface area contributed by atoms with Crippen molar-refractivity contribution in [3.63, 3.8) is 0 Å². The van der Waals surface area contributed by atoms with Gasteiger partial charge in [-0.3, -0.25) is 10.1 Å². The van der Waals surface area contributed by atoms with E-state index < -0.39 is 4.92 Å². The molecule has 8 nitrogen and oxygen atoms in total. The molecule has 2 aromatic carbocycles. The van der Waals surface area contributed by atoms with Crippen LogP contribution in [-0.2, 0) is 0 Å². The summed E-state index contributed by atoms with van der Waals surface area (Å²) >= 11 is 3.42. The molecule has 0 spiro atoms. The fourth-order valence-electron chi connectivity index (χ4n) is 2.71. The molecule has 0 saturated heterocycles. The number of hydrogen-bond donors (Lipinski definition) is 1. The second-order valence-electron chi connectivity index (χ2n) is 5.46. The Morgan fingerprint density at radius 1 is 1.20 bits per heavy atom. The van der Waals surface area contributed by atoms with Gasteiger partial charge in [-0.05, 0) is 39.8 Å². The molecule has 2 heterocycles. The summed E-state index contributed by atoms with van der Waals surface area (Å²) in [5, 5.41) is 26.0. The minimum absolute atomic E-state index is 0.0317. The molecule has 1 atom stereocenters. The number of aromatic nitrogens is 4. The summed E-state index contributed by atoms with van der Waals surface area (Å²) in [5.74, 6) is 0.483. The van der Waals surface area contributed by atoms with Crippen molar-refractivity contribution in [3.05, 3.63) is 80.3 Å². The molecule has 4 rings (SSSR count). The summed E-state index contributed by atoms with van der Waals surface area (Å²) in [7, 11) is 0. The van der Waals surface area contributed by atoms with Crippen molar-refractivity contribution >= 4 is 33.3 Å². The standard InChI is InChI=1S/C16H11BrN6O2/c17-12-6-4-10(5-7-12)14-9-15(22-16(18-14)19-20-21-22)11-2-1-3-13(8-11)23(24)25/h1-9,15H,(H,18,19,21)/t15-/m0/s1. The van der Waals surface area contributed by atoms with E-state index in [1.54, 1.807) is 10.7 Å². The van der Waals surface area contributed by atoms with Crippen LogP contribution in [-0.4, -0.2) is 25.1 Å². The van der Waals surface area contributed by atoms with Crippen molar-refractivity contribution in [3.8, 4) is 0 Å². The van der Waals surface area contributed by atoms with E-state index in [-0.39, 0.29) is 11.7 Å². The molecule has 25 heavy (non-hydrogen) atoms. The van der Waals surface area contributed by atoms with Crippen molar-refractivity contribution in [2.75, 3.05) is 5.32 Å². The Balaban J connectivity index is 1.81. The third-order valence-corrected chi connectivity index (χ3v) is 4.43. The van der Waals surface area contributed by atoms with Gasteiger partial charge in [0.25, 0.3) is 5.69 Å². The first kappa shape index (κ1) is 15.5. The van der Waals surface area contributed by atoms with Gasteiger partial charge in [0.05, 0.1) is 4.92 Å². The van der Waals surface area contributed by atoms with E-state index in [1.165, 1.54) is 12.1 Å². The molecule has 0 saturated carbocycles. The molecule has 0 aliphatic carbocycles. The molecule has 3 aromatic rings. The first-order chi connectivity index (χ1) is 12.1. The molecule has 0 fully saturated rings. The van der Waals surface area contributed by atoms with Crippen molar-refractivity contribution in [2.45, 2.75) is 6.04 Å². The Morgan fingerprint density at radius 3 is 2.76 bits per heavy atom. The molecule has 1 aliphatic heterocycles. The number of anilines is 1. The number of nitrogens with zero attached hydrogens (tertiary/aromatic N) is 5. The van der Waals surface area contributed by atoms with Gasteiger partial charge in [0, 0.05) is 22.3 Å². The lowest BCUT2D eigenvalue weighted by atomic mass is 10.0. The lowest BCUT2D eigenvalue weighted by Gasteiger charge is -2.23. The van der Waals surface area contributed by atoms with Crippen LogP contribution in [0.3, 0.4) is 0 Å². The number of nitro groups is 1. The van der Waals surface area contributed by atoms with E-state index in [2.05, 4.69) is 36.8 Å². The first-order valence-corrected chi connectivity index (χ1v) is 8.18. The summed E-state index contributed by atoms with van der Waals surface area (Å²) in [6, 6.07) is 14.0. The lowest BCUT2D eigenvalue weighted by Crippen LogP contribution is -2.20. The fraction of sp³-hybridized carbons (Fsp3) is 0.0625. The van der Waals surface area contributed by atoms with Crippen LogP contribution in [0.15, 0.2) is 59.1 Å². The highest BCUT2D eigenvalue weighted by molar-refractivity contribution is 9.10. The lowest BCUT2D eigenvalue weighted by molar-refractivity contribution is -0.384. The number of benzene rings is 2. The molecule has 1 N–H and O–H groups in total. The van der Waals surface area contributed by atoms with Gasteiger partial charge in [-0.25, -0.2) is 0 Å². The second kappa shape index (κ2) is 6.10. The average Bonchev–Trinajstić information content (AvgIpc) is 3.10. The molecular weight excluding hydrogens is 388 g/mol. The number of hydrogen-bond acceptors (Lipinski definition) is 6. The van der Waals surface area contributed by atoms with Crippen molar-refractivity contribution in [1.29, 1.82) is 0 Å². The molecule has 0 unspecified atom stereocenters. The van der Waals surface area contributed by atoms with Gasteiger partial charge in [-0.1, -0.05) is 45.3 Å². The number of rotatable bonds is 3. The van der Waals surface area contributed by atoms with Gasteiger partial charge in [0.1, 0.15) is 6.04 Å². The van der Waals surface area contributed by atoms with Crippen LogP contribution in [0.1, 0.15) is 17.2 Å². The predicted octanol–water partition coefficient (Wildman–Crippen LogP) is 3.40. The van der Waals surface area contributed by atoms with E-state index in [4.69, 9.17) is 0 Å². The number of nitro benzene ring substituents is 1. The maximum atomic E-state index is 11.1. The maximum absolute atomic E-state index is 11.1. The number of tetrazole rings is 1. The van der Waals surface area contributed by atoms with E-state index in [9.17, 15) is 10.1 Å². The van der Waals surface area contributed by atoms with Gasteiger partial charge in [0.15, 0.2) is 0 Å². The van der Waals surface area contributed by atoms with Crippen LogP contribution in [0, 0.1) is 10.1 Å². The van der Waals surface area contributed by atoms with E-state index in [0.717, 1.165) is 21.3 Å². The number of fused-ring (bicyclic) bond motifs is 1. The zero-order chi connectivity index (χ0) is 17.4. The van der Waals surface area contributed by atoms with E-state index in [1.807, 2.05) is 36.4 Å². The third-order valence-electron chi connectivity index (χ3n) is 3.91. The Labute approximate surface area is 150 Å². The number of halogens is 1. The Hall–Kier alpha value is -3.07. The zero-order valence-corrected chi connectivity index (χ0v) is 14.3. The summed E-state index contributed by atoms with van der Waals surface area (Å²) in [6.07, 6.45) is 1.95. The maximum Gasteiger partial charge on any atom is 0.269 e. The molecular formula is C16H11BrN6O2. The molecule has 0 radical (unpaired) electrons. The highest BCUT2D eigenvalue weighted by Crippen LogP contribution is 2.33. The quantitative estimate of drug-likeness (QED) is 0.536. The smallest absolute Gasteiger partial charge is 0.269 e. The Kier molecular flexibility index (Phi) is 3.77. The summed E-state index contributed by atoms with van der Waals surface area (Å²) in [6.45, 7) is 0. The minimum Gasteiger partial charge on any atom is -0.323 e. The SMILES string of the molecule is O=[N+]([O-])c1cccc([C@@H]2C=C(c3ccc(Br)cc3)Nc3nnnn32)c1. The van der Waals surface area contributed by atoms with Crippen molar-refractivity contribution < 1.29 is 4.92 Å². The Bertz CT molecular complexity index is 982. The zero-order valence-electron chi connectivity index (χ0n) is 12.7. The van der Waals surface area contributed by atoms with E-state index >= 15 is 0 Å². The molecule has 9 heteroatoms. The highest BCUT2D eigenvalue weighted by Gasteiger charge is 2.25. The van der Waals surface area contributed by atoms with Crippen LogP contribution in [0.25, 0.3) is 5.70 Å². The largest absolute Gasteiger partial charge is 0.323 e. The monoisotopic (exact) mass is 398 g/mol. The average molecular weight is 399 g/mol. The van der Waals surface area contributed by atoms with Gasteiger partial charge in [-0.2, -0.15) is 4.68 Å². The van der Waals surface area contributed by atoms with Crippen LogP contribution >= 0.6 is 15.9 Å². The molecule has 0 bridgehead atoms. The summed E-state index contributed by atoms with van der Waals surface area (Å²) in [5.41, 5.74) is 2.57. The molecule has 0 amide bonds. The second-order valence-corrected chi connectivity index (χ2v) is 6.37. The number of nitrogens with one attached hydrogen (secondary N) is 1.